The minimum atomic E-state index is -4.89. The molecule has 0 aliphatic carbocycles. The predicted molar refractivity (Wildman–Crippen MR) is 182 cm³/mol. The van der Waals surface area contributed by atoms with Crippen LogP contribution in [0, 0.1) is 5.82 Å². The number of hydrogen-bond donors (Lipinski definition) is 3. The summed E-state index contributed by atoms with van der Waals surface area (Å²) in [5.41, 5.74) is -1.84. The highest BCUT2D eigenvalue weighted by Crippen LogP contribution is 2.32. The number of hydrogen-bond acceptors (Lipinski definition) is 9. The zero-order chi connectivity index (χ0) is 39.0. The van der Waals surface area contributed by atoms with E-state index in [4.69, 9.17) is 21.1 Å². The maximum atomic E-state index is 13.7. The van der Waals surface area contributed by atoms with Crippen molar-refractivity contribution < 1.29 is 51.3 Å². The molecule has 2 amide bonds. The Balaban J connectivity index is 1.35. The lowest BCUT2D eigenvalue weighted by Gasteiger charge is -2.18. The van der Waals surface area contributed by atoms with Crippen LogP contribution in [0.25, 0.3) is 17.1 Å². The van der Waals surface area contributed by atoms with Crippen molar-refractivity contribution in [2.24, 2.45) is 0 Å². The molecule has 0 unspecified atom stereocenters. The average molecular weight is 771 g/mol. The SMILES string of the molecule is O=C(O)C[C@H](NC(=O)Cn1c(-c2ccc(F)cc2)ncc(NC(=O)OCc2ccccc2)c1=O)C(=O)COc1cc(C(F)(F)F)nn1-c1ccc(Cl)cc1. The Labute approximate surface area is 306 Å². The summed E-state index contributed by atoms with van der Waals surface area (Å²) in [6, 6.07) is 17.5. The van der Waals surface area contributed by atoms with Crippen LogP contribution in [0.4, 0.5) is 28.0 Å². The number of benzene rings is 3. The van der Waals surface area contributed by atoms with E-state index < -0.39 is 84.2 Å². The third-order valence-electron chi connectivity index (χ3n) is 7.40. The minimum Gasteiger partial charge on any atom is -0.481 e. The zero-order valence-corrected chi connectivity index (χ0v) is 28.3. The molecule has 2 aromatic heterocycles. The van der Waals surface area contributed by atoms with Crippen LogP contribution in [0.5, 0.6) is 5.88 Å². The van der Waals surface area contributed by atoms with Crippen molar-refractivity contribution in [1.82, 2.24) is 24.6 Å². The van der Waals surface area contributed by atoms with Crippen molar-refractivity contribution in [3.8, 4) is 23.0 Å². The number of carboxylic acids is 1. The molecule has 280 valence electrons. The molecule has 3 aromatic carbocycles. The van der Waals surface area contributed by atoms with Crippen LogP contribution in [0.2, 0.25) is 5.02 Å². The third kappa shape index (κ3) is 10.1. The van der Waals surface area contributed by atoms with E-state index in [2.05, 4.69) is 20.7 Å². The van der Waals surface area contributed by atoms with Gasteiger partial charge in [0.25, 0.3) is 5.56 Å². The van der Waals surface area contributed by atoms with Crippen LogP contribution in [-0.2, 0) is 38.4 Å². The number of carbonyl (C=O) groups is 4. The second-order valence-electron chi connectivity index (χ2n) is 11.3. The second kappa shape index (κ2) is 16.8. The Kier molecular flexibility index (Phi) is 12.1. The number of nitrogens with zero attached hydrogens (tertiary/aromatic N) is 4. The van der Waals surface area contributed by atoms with E-state index >= 15 is 0 Å². The molecule has 0 aliphatic rings. The number of ether oxygens (including phenoxy) is 2. The number of ketones is 1. The smallest absolute Gasteiger partial charge is 0.435 e. The summed E-state index contributed by atoms with van der Waals surface area (Å²) in [7, 11) is 0. The number of aliphatic carboxylic acids is 1. The topological polar surface area (TPSA) is 184 Å². The molecular formula is C35H27ClF4N6O8. The summed E-state index contributed by atoms with van der Waals surface area (Å²) in [6.07, 6.45) is -5.92. The van der Waals surface area contributed by atoms with Gasteiger partial charge in [-0.3, -0.25) is 29.1 Å². The summed E-state index contributed by atoms with van der Waals surface area (Å²) >= 11 is 5.88. The quantitative estimate of drug-likeness (QED) is 0.126. The Morgan fingerprint density at radius 1 is 0.963 bits per heavy atom. The van der Waals surface area contributed by atoms with E-state index in [9.17, 15) is 46.6 Å². The Hall–Kier alpha value is -6.56. The Morgan fingerprint density at radius 3 is 2.30 bits per heavy atom. The van der Waals surface area contributed by atoms with Gasteiger partial charge in [0.1, 0.15) is 36.5 Å². The number of alkyl halides is 3. The summed E-state index contributed by atoms with van der Waals surface area (Å²) in [6.45, 7) is -2.04. The summed E-state index contributed by atoms with van der Waals surface area (Å²) < 4.78 is 66.3. The first-order chi connectivity index (χ1) is 25.7. The molecule has 0 radical (unpaired) electrons. The molecule has 2 heterocycles. The lowest BCUT2D eigenvalue weighted by molar-refractivity contribution is -0.141. The predicted octanol–water partition coefficient (Wildman–Crippen LogP) is 5.26. The molecule has 5 rings (SSSR count). The molecule has 19 heteroatoms. The van der Waals surface area contributed by atoms with Gasteiger partial charge >= 0.3 is 18.2 Å². The fraction of sp³-hybridized carbons (Fsp3) is 0.171. The van der Waals surface area contributed by atoms with Gasteiger partial charge in [-0.2, -0.15) is 18.3 Å². The highest BCUT2D eigenvalue weighted by Gasteiger charge is 2.36. The van der Waals surface area contributed by atoms with E-state index in [1.807, 2.05) is 0 Å². The molecule has 1 atom stereocenters. The average Bonchev–Trinajstić information content (AvgIpc) is 3.57. The van der Waals surface area contributed by atoms with E-state index in [1.54, 1.807) is 30.3 Å². The Bertz CT molecular complexity index is 2210. The standard InChI is InChI=1S/C35H27ClF4N6O8/c36-22-8-12-24(13-9-22)46-30(15-28(44-46)35(38,39)40)53-19-27(47)25(14-31(49)50)42-29(48)17-45-32(21-6-10-23(37)11-7-21)41-16-26(33(45)51)43-34(52)54-18-20-4-2-1-3-5-20/h1-13,15-16,25H,14,17-19H2,(H,42,48)(H,43,52)(H,49,50)/t25-/m0/s1. The van der Waals surface area contributed by atoms with Crippen molar-refractivity contribution in [2.75, 3.05) is 11.9 Å². The molecular weight excluding hydrogens is 744 g/mol. The normalized spacial score (nSPS) is 11.7. The van der Waals surface area contributed by atoms with Crippen LogP contribution in [0.1, 0.15) is 17.7 Å². The third-order valence-corrected chi connectivity index (χ3v) is 7.66. The molecule has 0 saturated carbocycles. The monoisotopic (exact) mass is 770 g/mol. The highest BCUT2D eigenvalue weighted by atomic mass is 35.5. The van der Waals surface area contributed by atoms with Crippen LogP contribution >= 0.6 is 11.6 Å². The van der Waals surface area contributed by atoms with E-state index in [-0.39, 0.29) is 28.7 Å². The molecule has 14 nitrogen and oxygen atoms in total. The molecule has 5 aromatic rings. The first kappa shape index (κ1) is 38.7. The van der Waals surface area contributed by atoms with Gasteiger partial charge in [-0.25, -0.2) is 18.9 Å². The first-order valence-corrected chi connectivity index (χ1v) is 16.0. The number of aromatic nitrogens is 4. The zero-order valence-electron chi connectivity index (χ0n) is 27.5. The number of carbonyl (C=O) groups excluding carboxylic acids is 3. The van der Waals surface area contributed by atoms with Crippen LogP contribution < -0.4 is 20.9 Å². The lowest BCUT2D eigenvalue weighted by Crippen LogP contribution is -2.46. The van der Waals surface area contributed by atoms with Gasteiger partial charge in [0, 0.05) is 16.7 Å². The number of rotatable bonds is 14. The maximum absolute atomic E-state index is 13.7. The van der Waals surface area contributed by atoms with Crippen molar-refractivity contribution >= 4 is 41.0 Å². The van der Waals surface area contributed by atoms with Crippen LogP contribution in [0.3, 0.4) is 0 Å². The van der Waals surface area contributed by atoms with Crippen LogP contribution in [-0.4, -0.2) is 60.8 Å². The number of anilines is 1. The van der Waals surface area contributed by atoms with Gasteiger partial charge in [0.15, 0.2) is 18.1 Å². The lowest BCUT2D eigenvalue weighted by atomic mass is 10.1. The van der Waals surface area contributed by atoms with Crippen molar-refractivity contribution in [3.63, 3.8) is 0 Å². The summed E-state index contributed by atoms with van der Waals surface area (Å²) in [5, 5.41) is 17.7. The molecule has 3 N–H and O–H groups in total. The van der Waals surface area contributed by atoms with Gasteiger partial charge in [-0.05, 0) is 54.1 Å². The molecule has 54 heavy (non-hydrogen) atoms. The van der Waals surface area contributed by atoms with Crippen molar-refractivity contribution in [3.05, 3.63) is 124 Å². The maximum Gasteiger partial charge on any atom is 0.435 e. The number of amides is 2. The van der Waals surface area contributed by atoms with Gasteiger partial charge < -0.3 is 19.9 Å². The summed E-state index contributed by atoms with van der Waals surface area (Å²) in [4.78, 5) is 68.5. The van der Waals surface area contributed by atoms with E-state index in [0.29, 0.717) is 11.6 Å². The second-order valence-corrected chi connectivity index (χ2v) is 11.7. The highest BCUT2D eigenvalue weighted by molar-refractivity contribution is 6.30. The first-order valence-electron chi connectivity index (χ1n) is 15.6. The van der Waals surface area contributed by atoms with Gasteiger partial charge in [0.2, 0.25) is 11.8 Å². The fourth-order valence-corrected chi connectivity index (χ4v) is 4.97. The number of nitrogens with one attached hydrogen (secondary N) is 2. The van der Waals surface area contributed by atoms with Gasteiger partial charge in [-0.15, -0.1) is 0 Å². The Morgan fingerprint density at radius 2 is 1.65 bits per heavy atom. The largest absolute Gasteiger partial charge is 0.481 e. The summed E-state index contributed by atoms with van der Waals surface area (Å²) in [5.74, 6) is -5.01. The number of carboxylic acid groups (broad SMARTS) is 1. The van der Waals surface area contributed by atoms with Crippen molar-refractivity contribution in [1.29, 1.82) is 0 Å². The van der Waals surface area contributed by atoms with Crippen molar-refractivity contribution in [2.45, 2.75) is 31.8 Å². The molecule has 0 spiro atoms. The van der Waals surface area contributed by atoms with Gasteiger partial charge in [0.05, 0.1) is 18.3 Å². The molecule has 0 bridgehead atoms. The number of halogens is 5. The molecule has 0 aliphatic heterocycles. The van der Waals surface area contributed by atoms with Gasteiger partial charge in [-0.1, -0.05) is 41.9 Å². The number of Topliss-reactive ketones (excluding diaryl/α,β-unsaturated/α-hetero) is 1. The molecule has 0 saturated heterocycles. The van der Waals surface area contributed by atoms with E-state index in [0.717, 1.165) is 27.6 Å². The minimum absolute atomic E-state index is 0.0879. The van der Waals surface area contributed by atoms with E-state index in [1.165, 1.54) is 36.4 Å². The van der Waals surface area contributed by atoms with Crippen LogP contribution in [0.15, 0.2) is 95.9 Å². The fourth-order valence-electron chi connectivity index (χ4n) is 4.84. The molecule has 0 fully saturated rings.